The van der Waals surface area contributed by atoms with Crippen molar-refractivity contribution >= 4 is 33.0 Å². The Kier molecular flexibility index (Phi) is 4.83. The highest BCUT2D eigenvalue weighted by molar-refractivity contribution is 7.94. The second-order valence-corrected chi connectivity index (χ2v) is 7.98. The average Bonchev–Trinajstić information content (AvgIpc) is 2.94. The van der Waals surface area contributed by atoms with E-state index in [1.807, 2.05) is 0 Å². The predicted molar refractivity (Wildman–Crippen MR) is 98.0 cm³/mol. The van der Waals surface area contributed by atoms with Crippen molar-refractivity contribution in [2.75, 3.05) is 17.8 Å². The molecule has 0 radical (unpaired) electrons. The smallest absolute Gasteiger partial charge is 0.258 e. The monoisotopic (exact) mass is 377 g/mol. The van der Waals surface area contributed by atoms with Gasteiger partial charge in [-0.3, -0.25) is 4.79 Å². The van der Waals surface area contributed by atoms with Crippen LogP contribution in [0, 0.1) is 0 Å². The van der Waals surface area contributed by atoms with Gasteiger partial charge in [-0.05, 0) is 48.5 Å². The van der Waals surface area contributed by atoms with Crippen molar-refractivity contribution in [2.45, 2.75) is 6.04 Å². The summed E-state index contributed by atoms with van der Waals surface area (Å²) in [6.45, 7) is 0. The van der Waals surface area contributed by atoms with Crippen LogP contribution < -0.4 is 9.64 Å². The minimum atomic E-state index is -3.31. The van der Waals surface area contributed by atoms with Gasteiger partial charge in [0.25, 0.3) is 5.91 Å². The summed E-state index contributed by atoms with van der Waals surface area (Å²) in [5.41, 5.74) is 0.971. The zero-order valence-corrected chi connectivity index (χ0v) is 15.0. The molecule has 130 valence electrons. The fourth-order valence-corrected chi connectivity index (χ4v) is 4.13. The number of hydrogen-bond acceptors (Lipinski definition) is 4. The minimum Gasteiger partial charge on any atom is -0.497 e. The van der Waals surface area contributed by atoms with Gasteiger partial charge in [-0.15, -0.1) is 0 Å². The first-order valence-electron chi connectivity index (χ1n) is 7.54. The molecule has 0 fully saturated rings. The molecule has 0 spiro atoms. The Balaban J connectivity index is 2.01. The van der Waals surface area contributed by atoms with Gasteiger partial charge in [-0.25, -0.2) is 8.42 Å². The van der Waals surface area contributed by atoms with E-state index in [0.29, 0.717) is 22.0 Å². The van der Waals surface area contributed by atoms with E-state index in [0.717, 1.165) is 5.41 Å². The summed E-state index contributed by atoms with van der Waals surface area (Å²) in [7, 11) is -1.77. The van der Waals surface area contributed by atoms with Crippen molar-refractivity contribution in [1.82, 2.24) is 0 Å². The van der Waals surface area contributed by atoms with E-state index in [2.05, 4.69) is 0 Å². The highest BCUT2D eigenvalue weighted by atomic mass is 35.5. The number of hydrogen-bond donors (Lipinski definition) is 0. The summed E-state index contributed by atoms with van der Waals surface area (Å²) >= 11 is 6.05. The van der Waals surface area contributed by atoms with Gasteiger partial charge in [0.05, 0.1) is 18.9 Å². The van der Waals surface area contributed by atoms with Crippen molar-refractivity contribution in [3.63, 3.8) is 0 Å². The van der Waals surface area contributed by atoms with E-state index >= 15 is 0 Å². The average molecular weight is 378 g/mol. The number of amides is 1. The summed E-state index contributed by atoms with van der Waals surface area (Å²) in [5.74, 6) is 0.173. The molecule has 1 heterocycles. The van der Waals surface area contributed by atoms with E-state index in [9.17, 15) is 13.2 Å². The van der Waals surface area contributed by atoms with Crippen molar-refractivity contribution in [2.24, 2.45) is 0 Å². The van der Waals surface area contributed by atoms with Gasteiger partial charge in [0.1, 0.15) is 5.75 Å². The molecule has 0 bridgehead atoms. The number of sulfone groups is 1. The van der Waals surface area contributed by atoms with E-state index in [4.69, 9.17) is 16.3 Å². The molecule has 7 heteroatoms. The maximum absolute atomic E-state index is 13.1. The summed E-state index contributed by atoms with van der Waals surface area (Å²) in [6, 6.07) is 12.9. The molecule has 2 aromatic carbocycles. The summed E-state index contributed by atoms with van der Waals surface area (Å²) in [4.78, 5) is 14.5. The van der Waals surface area contributed by atoms with Gasteiger partial charge in [-0.2, -0.15) is 0 Å². The first kappa shape index (κ1) is 17.5. The molecule has 1 amide bonds. The third-order valence-corrected chi connectivity index (χ3v) is 5.50. The zero-order chi connectivity index (χ0) is 18.0. The van der Waals surface area contributed by atoms with Gasteiger partial charge < -0.3 is 9.64 Å². The fraction of sp³-hybridized carbons (Fsp3) is 0.167. The lowest BCUT2D eigenvalue weighted by Gasteiger charge is -2.28. The van der Waals surface area contributed by atoms with Crippen LogP contribution in [0.15, 0.2) is 60.0 Å². The molecule has 0 aromatic heterocycles. The Bertz CT molecular complexity index is 922. The standard InChI is InChI=1S/C18H16ClNO4S/c1-24-17-7-5-13(6-8-17)18(21)20(15-4-2-3-14(19)11-15)16-9-10-25(22,23)12-16/h2-11,16H,12H2,1H3/t16-/m1/s1. The lowest BCUT2D eigenvalue weighted by atomic mass is 10.1. The number of halogens is 1. The molecular weight excluding hydrogens is 362 g/mol. The zero-order valence-electron chi connectivity index (χ0n) is 13.4. The molecule has 1 atom stereocenters. The van der Waals surface area contributed by atoms with Crippen molar-refractivity contribution < 1.29 is 17.9 Å². The lowest BCUT2D eigenvalue weighted by molar-refractivity contribution is 0.0983. The van der Waals surface area contributed by atoms with E-state index in [-0.39, 0.29) is 11.7 Å². The molecule has 2 aromatic rings. The van der Waals surface area contributed by atoms with Crippen LogP contribution in [0.2, 0.25) is 5.02 Å². The SMILES string of the molecule is COc1ccc(C(=O)N(c2cccc(Cl)c2)[C@@H]2C=CS(=O)(=O)C2)cc1. The Labute approximate surface area is 151 Å². The maximum Gasteiger partial charge on any atom is 0.258 e. The van der Waals surface area contributed by atoms with Crippen LogP contribution in [0.1, 0.15) is 10.4 Å². The van der Waals surface area contributed by atoms with Crippen molar-refractivity contribution in [3.8, 4) is 5.75 Å². The molecular formula is C18H16ClNO4S. The number of methoxy groups -OCH3 is 1. The second kappa shape index (κ2) is 6.90. The first-order valence-corrected chi connectivity index (χ1v) is 9.63. The summed E-state index contributed by atoms with van der Waals surface area (Å²) in [6.07, 6.45) is 1.53. The van der Waals surface area contributed by atoms with Crippen LogP contribution >= 0.6 is 11.6 Å². The molecule has 0 saturated carbocycles. The van der Waals surface area contributed by atoms with Crippen LogP contribution in [0.4, 0.5) is 5.69 Å². The number of nitrogens with zero attached hydrogens (tertiary/aromatic N) is 1. The van der Waals surface area contributed by atoms with Crippen LogP contribution in [-0.4, -0.2) is 33.2 Å². The van der Waals surface area contributed by atoms with E-state index in [1.54, 1.807) is 55.6 Å². The summed E-state index contributed by atoms with van der Waals surface area (Å²) < 4.78 is 28.7. The Morgan fingerprint density at radius 1 is 1.20 bits per heavy atom. The van der Waals surface area contributed by atoms with Crippen LogP contribution in [-0.2, 0) is 9.84 Å². The summed E-state index contributed by atoms with van der Waals surface area (Å²) in [5, 5.41) is 1.62. The number of benzene rings is 2. The van der Waals surface area contributed by atoms with E-state index < -0.39 is 15.9 Å². The molecule has 3 rings (SSSR count). The normalized spacial score (nSPS) is 18.1. The minimum absolute atomic E-state index is 0.151. The van der Waals surface area contributed by atoms with Gasteiger partial charge >= 0.3 is 0 Å². The predicted octanol–water partition coefficient (Wildman–Crippen LogP) is 3.31. The molecule has 0 unspecified atom stereocenters. The highest BCUT2D eigenvalue weighted by Gasteiger charge is 2.32. The Morgan fingerprint density at radius 3 is 2.48 bits per heavy atom. The molecule has 5 nitrogen and oxygen atoms in total. The van der Waals surface area contributed by atoms with Gasteiger partial charge in [0, 0.05) is 21.7 Å². The largest absolute Gasteiger partial charge is 0.497 e. The molecule has 1 aliphatic rings. The fourth-order valence-electron chi connectivity index (χ4n) is 2.68. The van der Waals surface area contributed by atoms with Gasteiger partial charge in [0.15, 0.2) is 9.84 Å². The molecule has 1 aliphatic heterocycles. The number of carbonyl (C=O) groups excluding carboxylic acids is 1. The number of carbonyl (C=O) groups is 1. The molecule has 0 aliphatic carbocycles. The first-order chi connectivity index (χ1) is 11.9. The quantitative estimate of drug-likeness (QED) is 0.820. The molecule has 25 heavy (non-hydrogen) atoms. The number of ether oxygens (including phenoxy) is 1. The number of rotatable bonds is 4. The second-order valence-electron chi connectivity index (χ2n) is 5.61. The van der Waals surface area contributed by atoms with Crippen molar-refractivity contribution in [3.05, 3.63) is 70.6 Å². The Morgan fingerprint density at radius 2 is 1.92 bits per heavy atom. The van der Waals surface area contributed by atoms with Crippen molar-refractivity contribution in [1.29, 1.82) is 0 Å². The lowest BCUT2D eigenvalue weighted by Crippen LogP contribution is -2.41. The van der Waals surface area contributed by atoms with Crippen LogP contribution in [0.25, 0.3) is 0 Å². The topological polar surface area (TPSA) is 63.7 Å². The van der Waals surface area contributed by atoms with Gasteiger partial charge in [0.2, 0.25) is 0 Å². The molecule has 0 N–H and O–H groups in total. The van der Waals surface area contributed by atoms with Crippen LogP contribution in [0.3, 0.4) is 0 Å². The van der Waals surface area contributed by atoms with Gasteiger partial charge in [-0.1, -0.05) is 17.7 Å². The maximum atomic E-state index is 13.1. The number of anilines is 1. The third-order valence-electron chi connectivity index (χ3n) is 3.88. The van der Waals surface area contributed by atoms with Crippen LogP contribution in [0.5, 0.6) is 5.75 Å². The molecule has 0 saturated heterocycles. The highest BCUT2D eigenvalue weighted by Crippen LogP contribution is 2.27. The Hall–Kier alpha value is -2.31. The van der Waals surface area contributed by atoms with E-state index in [1.165, 1.54) is 11.0 Å². The third kappa shape index (κ3) is 3.86.